The maximum atomic E-state index is 11.9. The Bertz CT molecular complexity index is 560. The summed E-state index contributed by atoms with van der Waals surface area (Å²) in [5, 5.41) is 0. The van der Waals surface area contributed by atoms with Crippen LogP contribution in [0.4, 0.5) is 0 Å². The molecule has 0 saturated heterocycles. The topological polar surface area (TPSA) is 34.4 Å². The molecule has 0 aliphatic rings. The lowest BCUT2D eigenvalue weighted by Crippen LogP contribution is -2.04. The van der Waals surface area contributed by atoms with Gasteiger partial charge in [0.05, 0.1) is 11.4 Å². The van der Waals surface area contributed by atoms with E-state index in [-0.39, 0.29) is 0 Å². The molecule has 0 aliphatic heterocycles. The molecule has 0 amide bonds. The van der Waals surface area contributed by atoms with E-state index in [4.69, 9.17) is 0 Å². The minimum absolute atomic E-state index is 0.563. The van der Waals surface area contributed by atoms with Crippen molar-refractivity contribution in [3.63, 3.8) is 0 Å². The zero-order valence-electron chi connectivity index (χ0n) is 11.2. The molecule has 2 rings (SSSR count). The fraction of sp³-hybridized carbons (Fsp3) is 0.500. The van der Waals surface area contributed by atoms with Gasteiger partial charge in [-0.2, -0.15) is 0 Å². The van der Waals surface area contributed by atoms with Crippen LogP contribution in [-0.2, 0) is 16.6 Å². The Morgan fingerprint density at radius 2 is 2.17 bits per heavy atom. The molecule has 0 fully saturated rings. The lowest BCUT2D eigenvalue weighted by atomic mass is 10.2. The Kier molecular flexibility index (Phi) is 4.17. The van der Waals surface area contributed by atoms with Crippen LogP contribution in [0.15, 0.2) is 24.4 Å². The Labute approximate surface area is 111 Å². The van der Waals surface area contributed by atoms with Gasteiger partial charge in [-0.3, -0.25) is 4.21 Å². The van der Waals surface area contributed by atoms with E-state index < -0.39 is 10.8 Å². The molecule has 2 heterocycles. The minimum Gasteiger partial charge on any atom is -0.304 e. The van der Waals surface area contributed by atoms with Crippen LogP contribution in [0.25, 0.3) is 5.65 Å². The molecule has 3 nitrogen and oxygen atoms in total. The normalized spacial score (nSPS) is 13.3. The molecule has 0 aromatic carbocycles. The van der Waals surface area contributed by atoms with Crippen molar-refractivity contribution in [3.05, 3.63) is 35.8 Å². The van der Waals surface area contributed by atoms with Crippen molar-refractivity contribution in [2.75, 3.05) is 5.75 Å². The third-order valence-corrected chi connectivity index (χ3v) is 4.29. The van der Waals surface area contributed by atoms with Crippen LogP contribution in [0.2, 0.25) is 0 Å². The van der Waals surface area contributed by atoms with Crippen LogP contribution < -0.4 is 0 Å². The molecule has 1 unspecified atom stereocenters. The zero-order valence-corrected chi connectivity index (χ0v) is 12.0. The van der Waals surface area contributed by atoms with Crippen LogP contribution in [0.1, 0.15) is 31.7 Å². The summed E-state index contributed by atoms with van der Waals surface area (Å²) in [6.07, 6.45) is 3.01. The van der Waals surface area contributed by atoms with Crippen LogP contribution in [0.3, 0.4) is 0 Å². The summed E-state index contributed by atoms with van der Waals surface area (Å²) in [6, 6.07) is 6.03. The van der Waals surface area contributed by atoms with Gasteiger partial charge in [-0.05, 0) is 31.4 Å². The number of nitrogens with zero attached hydrogens (tertiary/aromatic N) is 2. The largest absolute Gasteiger partial charge is 0.304 e. The van der Waals surface area contributed by atoms with Crippen molar-refractivity contribution in [2.45, 2.75) is 32.9 Å². The SMILES string of the molecule is Cc1cccc2nc(CS(=O)CCC(C)C)cn12. The molecule has 4 heteroatoms. The Morgan fingerprint density at radius 1 is 1.39 bits per heavy atom. The molecule has 0 aliphatic carbocycles. The van der Waals surface area contributed by atoms with Gasteiger partial charge in [0.25, 0.3) is 0 Å². The minimum atomic E-state index is -0.801. The highest BCUT2D eigenvalue weighted by molar-refractivity contribution is 7.84. The fourth-order valence-electron chi connectivity index (χ4n) is 1.87. The highest BCUT2D eigenvalue weighted by Crippen LogP contribution is 2.11. The van der Waals surface area contributed by atoms with Gasteiger partial charge < -0.3 is 4.40 Å². The van der Waals surface area contributed by atoms with Crippen LogP contribution in [0.5, 0.6) is 0 Å². The molecular formula is C14H20N2OS. The number of hydrogen-bond donors (Lipinski definition) is 0. The fourth-order valence-corrected chi connectivity index (χ4v) is 3.22. The van der Waals surface area contributed by atoms with Gasteiger partial charge in [-0.15, -0.1) is 0 Å². The van der Waals surface area contributed by atoms with Gasteiger partial charge >= 0.3 is 0 Å². The van der Waals surface area contributed by atoms with E-state index in [2.05, 4.69) is 23.2 Å². The third-order valence-electron chi connectivity index (χ3n) is 2.98. The van der Waals surface area contributed by atoms with E-state index >= 15 is 0 Å². The third kappa shape index (κ3) is 3.19. The average Bonchev–Trinajstić information content (AvgIpc) is 2.70. The van der Waals surface area contributed by atoms with Gasteiger partial charge in [0.2, 0.25) is 0 Å². The summed E-state index contributed by atoms with van der Waals surface area (Å²) < 4.78 is 14.0. The Morgan fingerprint density at radius 3 is 2.83 bits per heavy atom. The van der Waals surface area contributed by atoms with Gasteiger partial charge in [0.1, 0.15) is 5.65 Å². The van der Waals surface area contributed by atoms with E-state index in [0.717, 1.165) is 29.2 Å². The van der Waals surface area contributed by atoms with Crippen molar-refractivity contribution in [2.24, 2.45) is 5.92 Å². The van der Waals surface area contributed by atoms with Crippen LogP contribution in [0, 0.1) is 12.8 Å². The molecule has 0 spiro atoms. The average molecular weight is 264 g/mol. The van der Waals surface area contributed by atoms with Crippen LogP contribution in [-0.4, -0.2) is 19.3 Å². The zero-order chi connectivity index (χ0) is 13.1. The molecular weight excluding hydrogens is 244 g/mol. The summed E-state index contributed by atoms with van der Waals surface area (Å²) in [4.78, 5) is 4.51. The monoisotopic (exact) mass is 264 g/mol. The van der Waals surface area contributed by atoms with Gasteiger partial charge in [0.15, 0.2) is 0 Å². The van der Waals surface area contributed by atoms with E-state index in [1.165, 1.54) is 0 Å². The molecule has 2 aromatic heterocycles. The predicted octanol–water partition coefficient (Wildman–Crippen LogP) is 2.94. The second kappa shape index (κ2) is 5.65. The second-order valence-corrected chi connectivity index (χ2v) is 6.67. The first-order valence-corrected chi connectivity index (χ1v) is 7.83. The molecule has 98 valence electrons. The van der Waals surface area contributed by atoms with E-state index in [1.54, 1.807) is 0 Å². The van der Waals surface area contributed by atoms with Crippen molar-refractivity contribution < 1.29 is 4.21 Å². The number of aromatic nitrogens is 2. The number of hydrogen-bond acceptors (Lipinski definition) is 2. The van der Waals surface area contributed by atoms with Crippen molar-refractivity contribution in [1.29, 1.82) is 0 Å². The summed E-state index contributed by atoms with van der Waals surface area (Å²) in [6.45, 7) is 6.37. The first kappa shape index (κ1) is 13.3. The van der Waals surface area contributed by atoms with E-state index in [9.17, 15) is 4.21 Å². The lowest BCUT2D eigenvalue weighted by Gasteiger charge is -2.03. The molecule has 0 saturated carbocycles. The highest BCUT2D eigenvalue weighted by Gasteiger charge is 2.08. The van der Waals surface area contributed by atoms with Crippen molar-refractivity contribution in [1.82, 2.24) is 9.38 Å². The number of aryl methyl sites for hydroxylation is 1. The standard InChI is InChI=1S/C14H20N2OS/c1-11(2)7-8-18(17)10-13-9-16-12(3)5-4-6-14(16)15-13/h4-6,9,11H,7-8,10H2,1-3H3. The number of fused-ring (bicyclic) bond motifs is 1. The summed E-state index contributed by atoms with van der Waals surface area (Å²) in [7, 11) is -0.801. The predicted molar refractivity (Wildman–Crippen MR) is 76.1 cm³/mol. The lowest BCUT2D eigenvalue weighted by molar-refractivity contribution is 0.619. The molecule has 2 aromatic rings. The molecule has 0 bridgehead atoms. The first-order chi connectivity index (χ1) is 8.56. The second-order valence-electron chi connectivity index (χ2n) is 5.10. The first-order valence-electron chi connectivity index (χ1n) is 6.35. The van der Waals surface area contributed by atoms with Crippen LogP contribution >= 0.6 is 0 Å². The maximum Gasteiger partial charge on any atom is 0.137 e. The quantitative estimate of drug-likeness (QED) is 0.832. The van der Waals surface area contributed by atoms with Gasteiger partial charge in [0, 0.05) is 28.4 Å². The molecule has 0 radical (unpaired) electrons. The summed E-state index contributed by atoms with van der Waals surface area (Å²) in [5.74, 6) is 1.94. The van der Waals surface area contributed by atoms with Gasteiger partial charge in [-0.1, -0.05) is 19.9 Å². The number of pyridine rings is 1. The number of rotatable bonds is 5. The number of imidazole rings is 1. The molecule has 1 atom stereocenters. The Hall–Kier alpha value is -1.16. The van der Waals surface area contributed by atoms with E-state index in [0.29, 0.717) is 11.7 Å². The molecule has 0 N–H and O–H groups in total. The van der Waals surface area contributed by atoms with E-state index in [1.807, 2.05) is 31.3 Å². The van der Waals surface area contributed by atoms with Gasteiger partial charge in [-0.25, -0.2) is 4.98 Å². The Balaban J connectivity index is 2.08. The van der Waals surface area contributed by atoms with Crippen molar-refractivity contribution in [3.8, 4) is 0 Å². The maximum absolute atomic E-state index is 11.9. The smallest absolute Gasteiger partial charge is 0.137 e. The van der Waals surface area contributed by atoms with Crippen molar-refractivity contribution >= 4 is 16.4 Å². The summed E-state index contributed by atoms with van der Waals surface area (Å²) in [5.41, 5.74) is 3.01. The molecule has 18 heavy (non-hydrogen) atoms. The summed E-state index contributed by atoms with van der Waals surface area (Å²) >= 11 is 0. The highest BCUT2D eigenvalue weighted by atomic mass is 32.2.